The first-order chi connectivity index (χ1) is 7.16. The zero-order valence-electron chi connectivity index (χ0n) is 9.09. The fourth-order valence-electron chi connectivity index (χ4n) is 1.59. The summed E-state index contributed by atoms with van der Waals surface area (Å²) in [7, 11) is 1.88. The lowest BCUT2D eigenvalue weighted by Crippen LogP contribution is -2.40. The first kappa shape index (κ1) is 10.6. The second-order valence-electron chi connectivity index (χ2n) is 4.02. The van der Waals surface area contributed by atoms with E-state index in [4.69, 9.17) is 15.2 Å². The van der Waals surface area contributed by atoms with Crippen LogP contribution in [0, 0.1) is 0 Å². The van der Waals surface area contributed by atoms with Gasteiger partial charge in [-0.25, -0.2) is 0 Å². The van der Waals surface area contributed by atoms with E-state index in [2.05, 4.69) is 5.10 Å². The Kier molecular flexibility index (Phi) is 3.04. The maximum Gasteiger partial charge on any atom is 0.105 e. The number of hydrogen-bond donors (Lipinski definition) is 1. The van der Waals surface area contributed by atoms with Gasteiger partial charge in [-0.15, -0.1) is 0 Å². The first-order valence-electron chi connectivity index (χ1n) is 5.14. The molecule has 2 N–H and O–H groups in total. The monoisotopic (exact) mass is 211 g/mol. The summed E-state index contributed by atoms with van der Waals surface area (Å²) in [6, 6.07) is -0.0465. The van der Waals surface area contributed by atoms with Gasteiger partial charge in [0.15, 0.2) is 0 Å². The predicted molar refractivity (Wildman–Crippen MR) is 55.3 cm³/mol. The zero-order valence-corrected chi connectivity index (χ0v) is 9.09. The highest BCUT2D eigenvalue weighted by Crippen LogP contribution is 2.23. The molecule has 1 aliphatic heterocycles. The average Bonchev–Trinajstić information content (AvgIpc) is 2.49. The largest absolute Gasteiger partial charge is 0.376 e. The van der Waals surface area contributed by atoms with Crippen molar-refractivity contribution < 1.29 is 9.47 Å². The minimum atomic E-state index is -0.0902. The van der Waals surface area contributed by atoms with Gasteiger partial charge in [0.05, 0.1) is 19.4 Å². The molecule has 84 valence electrons. The molecule has 1 aliphatic rings. The summed E-state index contributed by atoms with van der Waals surface area (Å²) < 4.78 is 12.7. The molecule has 0 saturated carbocycles. The van der Waals surface area contributed by atoms with Gasteiger partial charge in [0.1, 0.15) is 12.2 Å². The predicted octanol–water partition coefficient (Wildman–Crippen LogP) is 0.224. The molecule has 0 amide bonds. The van der Waals surface area contributed by atoms with Crippen molar-refractivity contribution in [1.29, 1.82) is 0 Å². The number of aryl methyl sites for hydroxylation is 1. The second kappa shape index (κ2) is 4.30. The SMILES string of the molecule is CC(N)C(OC1COC1)c1cnn(C)c1. The third kappa shape index (κ3) is 2.37. The van der Waals surface area contributed by atoms with Crippen LogP contribution in [0.5, 0.6) is 0 Å². The van der Waals surface area contributed by atoms with Crippen LogP contribution in [0.25, 0.3) is 0 Å². The summed E-state index contributed by atoms with van der Waals surface area (Å²) in [5.41, 5.74) is 6.93. The van der Waals surface area contributed by atoms with Crippen molar-refractivity contribution in [3.8, 4) is 0 Å². The Morgan fingerprint density at radius 3 is 2.80 bits per heavy atom. The summed E-state index contributed by atoms with van der Waals surface area (Å²) in [6.45, 7) is 3.28. The van der Waals surface area contributed by atoms with Gasteiger partial charge >= 0.3 is 0 Å². The normalized spacial score (nSPS) is 21.0. The van der Waals surface area contributed by atoms with Crippen LogP contribution in [0.15, 0.2) is 12.4 Å². The van der Waals surface area contributed by atoms with Crippen LogP contribution in [0.4, 0.5) is 0 Å². The molecular formula is C10H17N3O2. The second-order valence-corrected chi connectivity index (χ2v) is 4.02. The van der Waals surface area contributed by atoms with Gasteiger partial charge in [0.25, 0.3) is 0 Å². The molecule has 0 bridgehead atoms. The molecule has 0 aromatic carbocycles. The highest BCUT2D eigenvalue weighted by atomic mass is 16.6. The smallest absolute Gasteiger partial charge is 0.105 e. The van der Waals surface area contributed by atoms with E-state index in [1.165, 1.54) is 0 Å². The fraction of sp³-hybridized carbons (Fsp3) is 0.700. The van der Waals surface area contributed by atoms with Crippen molar-refractivity contribution in [2.24, 2.45) is 12.8 Å². The van der Waals surface area contributed by atoms with Crippen molar-refractivity contribution in [1.82, 2.24) is 9.78 Å². The maximum atomic E-state index is 5.90. The Morgan fingerprint density at radius 2 is 2.40 bits per heavy atom. The average molecular weight is 211 g/mol. The Morgan fingerprint density at radius 1 is 1.67 bits per heavy atom. The van der Waals surface area contributed by atoms with E-state index in [9.17, 15) is 0 Å². The molecule has 1 aromatic rings. The third-order valence-electron chi connectivity index (χ3n) is 2.48. The van der Waals surface area contributed by atoms with E-state index in [1.807, 2.05) is 20.2 Å². The molecule has 1 aromatic heterocycles. The molecule has 2 rings (SSSR count). The molecule has 1 fully saturated rings. The van der Waals surface area contributed by atoms with Crippen LogP contribution in [0.1, 0.15) is 18.6 Å². The Labute approximate surface area is 89.2 Å². The lowest BCUT2D eigenvalue weighted by atomic mass is 10.1. The number of nitrogens with two attached hydrogens (primary N) is 1. The van der Waals surface area contributed by atoms with Crippen LogP contribution in [-0.4, -0.2) is 35.1 Å². The van der Waals surface area contributed by atoms with Gasteiger partial charge in [-0.05, 0) is 6.92 Å². The standard InChI is InChI=1S/C10H17N3O2/c1-7(11)10(15-9-5-14-6-9)8-3-12-13(2)4-8/h3-4,7,9-10H,5-6,11H2,1-2H3. The van der Waals surface area contributed by atoms with E-state index in [1.54, 1.807) is 10.9 Å². The fourth-order valence-corrected chi connectivity index (χ4v) is 1.59. The molecular weight excluding hydrogens is 194 g/mol. The van der Waals surface area contributed by atoms with Gasteiger partial charge in [-0.3, -0.25) is 4.68 Å². The lowest BCUT2D eigenvalue weighted by Gasteiger charge is -2.31. The van der Waals surface area contributed by atoms with E-state index in [-0.39, 0.29) is 18.2 Å². The summed E-state index contributed by atoms with van der Waals surface area (Å²) in [5.74, 6) is 0. The van der Waals surface area contributed by atoms with Crippen LogP contribution in [0.2, 0.25) is 0 Å². The number of ether oxygens (including phenoxy) is 2. The summed E-state index contributed by atoms with van der Waals surface area (Å²) in [6.07, 6.45) is 3.83. The van der Waals surface area contributed by atoms with Gasteiger partial charge in [0.2, 0.25) is 0 Å². The minimum absolute atomic E-state index is 0.0465. The topological polar surface area (TPSA) is 62.3 Å². The van der Waals surface area contributed by atoms with Crippen molar-refractivity contribution in [2.45, 2.75) is 25.2 Å². The minimum Gasteiger partial charge on any atom is -0.376 e. The van der Waals surface area contributed by atoms with Crippen LogP contribution >= 0.6 is 0 Å². The van der Waals surface area contributed by atoms with Crippen molar-refractivity contribution in [3.05, 3.63) is 18.0 Å². The van der Waals surface area contributed by atoms with E-state index >= 15 is 0 Å². The number of hydrogen-bond acceptors (Lipinski definition) is 4. The van der Waals surface area contributed by atoms with E-state index in [0.717, 1.165) is 5.56 Å². The van der Waals surface area contributed by atoms with Gasteiger partial charge in [0, 0.05) is 24.8 Å². The van der Waals surface area contributed by atoms with Crippen molar-refractivity contribution >= 4 is 0 Å². The highest BCUT2D eigenvalue weighted by Gasteiger charge is 2.27. The molecule has 1 saturated heterocycles. The first-order valence-corrected chi connectivity index (χ1v) is 5.14. The Balaban J connectivity index is 2.04. The molecule has 2 unspecified atom stereocenters. The maximum absolute atomic E-state index is 5.90. The molecule has 15 heavy (non-hydrogen) atoms. The summed E-state index contributed by atoms with van der Waals surface area (Å²) >= 11 is 0. The Hall–Kier alpha value is -0.910. The number of rotatable bonds is 4. The molecule has 2 atom stereocenters. The summed E-state index contributed by atoms with van der Waals surface area (Å²) in [4.78, 5) is 0. The Bertz CT molecular complexity index is 320. The van der Waals surface area contributed by atoms with Gasteiger partial charge in [-0.1, -0.05) is 0 Å². The van der Waals surface area contributed by atoms with E-state index < -0.39 is 0 Å². The van der Waals surface area contributed by atoms with Crippen LogP contribution in [0.3, 0.4) is 0 Å². The zero-order chi connectivity index (χ0) is 10.8. The lowest BCUT2D eigenvalue weighted by molar-refractivity contribution is -0.159. The van der Waals surface area contributed by atoms with Crippen molar-refractivity contribution in [3.63, 3.8) is 0 Å². The number of aromatic nitrogens is 2. The molecule has 2 heterocycles. The quantitative estimate of drug-likeness (QED) is 0.774. The van der Waals surface area contributed by atoms with Gasteiger partial charge < -0.3 is 15.2 Å². The molecule has 0 spiro atoms. The van der Waals surface area contributed by atoms with Gasteiger partial charge in [-0.2, -0.15) is 5.10 Å². The third-order valence-corrected chi connectivity index (χ3v) is 2.48. The molecule has 5 nitrogen and oxygen atoms in total. The van der Waals surface area contributed by atoms with E-state index in [0.29, 0.717) is 13.2 Å². The van der Waals surface area contributed by atoms with Crippen LogP contribution < -0.4 is 5.73 Å². The highest BCUT2D eigenvalue weighted by molar-refractivity contribution is 5.10. The van der Waals surface area contributed by atoms with Crippen molar-refractivity contribution in [2.75, 3.05) is 13.2 Å². The molecule has 0 radical (unpaired) electrons. The summed E-state index contributed by atoms with van der Waals surface area (Å²) in [5, 5.41) is 4.12. The molecule has 0 aliphatic carbocycles. The molecule has 5 heteroatoms. The number of nitrogens with zero attached hydrogens (tertiary/aromatic N) is 2. The van der Waals surface area contributed by atoms with Crippen LogP contribution in [-0.2, 0) is 16.5 Å².